The van der Waals surface area contributed by atoms with Gasteiger partial charge in [-0.15, -0.1) is 0 Å². The maximum atomic E-state index is 13.4. The summed E-state index contributed by atoms with van der Waals surface area (Å²) in [4.78, 5) is 25.1. The Labute approximate surface area is 220 Å². The van der Waals surface area contributed by atoms with Crippen LogP contribution in [0.15, 0.2) is 11.6 Å². The van der Waals surface area contributed by atoms with Crippen molar-refractivity contribution in [1.29, 1.82) is 0 Å². The second-order valence-corrected chi connectivity index (χ2v) is 13.8. The normalized spacial score (nSPS) is 44.1. The van der Waals surface area contributed by atoms with E-state index in [0.29, 0.717) is 44.1 Å². The summed E-state index contributed by atoms with van der Waals surface area (Å²) in [7, 11) is 0. The van der Waals surface area contributed by atoms with Gasteiger partial charge in [0.1, 0.15) is 6.10 Å². The lowest BCUT2D eigenvalue weighted by molar-refractivity contribution is -0.182. The summed E-state index contributed by atoms with van der Waals surface area (Å²) in [6, 6.07) is 0. The number of allylic oxidation sites excluding steroid dienone is 1. The Morgan fingerprint density at radius 1 is 1.16 bits per heavy atom. The van der Waals surface area contributed by atoms with Gasteiger partial charge in [-0.05, 0) is 101 Å². The number of carbonyl (C=O) groups excluding carboxylic acids is 2. The van der Waals surface area contributed by atoms with Gasteiger partial charge in [-0.3, -0.25) is 9.59 Å². The monoisotopic (exact) mass is 522 g/mol. The molecule has 0 aromatic heterocycles. The standard InChI is InChI=1S/C29H46O8/c1-16(30)37-22-15-26(4)17-7-11-27(5)23(28(6,35)24(33)9-10-25(2,3)34)8-12-29(27,36)18(17)13-20(31)19(26)14-21(22)32/h13,17,19,21-24,32-36H,7-12,14-15H2,1-6H3/t17-,19-,21+,22-,23-,24+,26+,27+,28?,29+/m0/s1. The Morgan fingerprint density at radius 2 is 1.81 bits per heavy atom. The highest BCUT2D eigenvalue weighted by molar-refractivity contribution is 5.95. The van der Waals surface area contributed by atoms with Crippen molar-refractivity contribution in [1.82, 2.24) is 0 Å². The summed E-state index contributed by atoms with van der Waals surface area (Å²) in [5, 5.41) is 55.7. The molecule has 8 nitrogen and oxygen atoms in total. The Kier molecular flexibility index (Phi) is 7.07. The zero-order valence-electron chi connectivity index (χ0n) is 23.2. The number of esters is 1. The molecular weight excluding hydrogens is 476 g/mol. The van der Waals surface area contributed by atoms with Crippen LogP contribution < -0.4 is 0 Å². The van der Waals surface area contributed by atoms with E-state index in [9.17, 15) is 35.1 Å². The van der Waals surface area contributed by atoms with Crippen molar-refractivity contribution in [2.24, 2.45) is 28.6 Å². The van der Waals surface area contributed by atoms with E-state index in [1.165, 1.54) is 6.92 Å². The second-order valence-electron chi connectivity index (χ2n) is 13.8. The third kappa shape index (κ3) is 4.50. The molecule has 3 fully saturated rings. The van der Waals surface area contributed by atoms with Gasteiger partial charge in [-0.25, -0.2) is 0 Å². The number of aliphatic hydroxyl groups excluding tert-OH is 2. The van der Waals surface area contributed by atoms with E-state index in [1.54, 1.807) is 26.8 Å². The van der Waals surface area contributed by atoms with Crippen LogP contribution in [-0.2, 0) is 14.3 Å². The van der Waals surface area contributed by atoms with E-state index >= 15 is 0 Å². The molecule has 0 spiro atoms. The molecule has 37 heavy (non-hydrogen) atoms. The maximum Gasteiger partial charge on any atom is 0.302 e. The summed E-state index contributed by atoms with van der Waals surface area (Å²) in [5.74, 6) is -1.54. The number of hydrogen-bond donors (Lipinski definition) is 5. The maximum absolute atomic E-state index is 13.4. The first-order valence-electron chi connectivity index (χ1n) is 13.8. The molecule has 0 aliphatic heterocycles. The van der Waals surface area contributed by atoms with Crippen molar-refractivity contribution in [3.63, 3.8) is 0 Å². The van der Waals surface area contributed by atoms with Gasteiger partial charge >= 0.3 is 5.97 Å². The molecule has 0 amide bonds. The zero-order chi connectivity index (χ0) is 27.8. The van der Waals surface area contributed by atoms with E-state index in [0.717, 1.165) is 0 Å². The molecule has 0 saturated heterocycles. The number of ketones is 1. The van der Waals surface area contributed by atoms with Gasteiger partial charge in [-0.1, -0.05) is 13.8 Å². The van der Waals surface area contributed by atoms with Gasteiger partial charge in [0.25, 0.3) is 0 Å². The molecule has 0 bridgehead atoms. The molecule has 0 aromatic rings. The lowest BCUT2D eigenvalue weighted by atomic mass is 9.45. The predicted octanol–water partition coefficient (Wildman–Crippen LogP) is 2.42. The highest BCUT2D eigenvalue weighted by atomic mass is 16.6. The molecule has 1 unspecified atom stereocenters. The third-order valence-corrected chi connectivity index (χ3v) is 10.8. The number of ether oxygens (including phenoxy) is 1. The smallest absolute Gasteiger partial charge is 0.302 e. The average Bonchev–Trinajstić information content (AvgIpc) is 3.05. The fourth-order valence-corrected chi connectivity index (χ4v) is 8.63. The van der Waals surface area contributed by atoms with Crippen molar-refractivity contribution in [2.75, 3.05) is 0 Å². The summed E-state index contributed by atoms with van der Waals surface area (Å²) >= 11 is 0. The third-order valence-electron chi connectivity index (χ3n) is 10.8. The molecule has 210 valence electrons. The van der Waals surface area contributed by atoms with Crippen LogP contribution in [0.4, 0.5) is 0 Å². The number of aliphatic hydroxyl groups is 5. The van der Waals surface area contributed by atoms with E-state index in [2.05, 4.69) is 0 Å². The minimum atomic E-state index is -1.49. The van der Waals surface area contributed by atoms with Crippen molar-refractivity contribution < 1.29 is 39.9 Å². The van der Waals surface area contributed by atoms with Crippen LogP contribution in [0.3, 0.4) is 0 Å². The largest absolute Gasteiger partial charge is 0.460 e. The first kappa shape index (κ1) is 28.7. The van der Waals surface area contributed by atoms with Crippen LogP contribution in [0.25, 0.3) is 0 Å². The topological polar surface area (TPSA) is 145 Å². The molecule has 0 radical (unpaired) electrons. The lowest BCUT2D eigenvalue weighted by Gasteiger charge is -2.60. The molecule has 4 aliphatic rings. The van der Waals surface area contributed by atoms with Crippen LogP contribution in [0.2, 0.25) is 0 Å². The zero-order valence-corrected chi connectivity index (χ0v) is 23.2. The van der Waals surface area contributed by atoms with Gasteiger partial charge in [0.2, 0.25) is 0 Å². The average molecular weight is 523 g/mol. The summed E-state index contributed by atoms with van der Waals surface area (Å²) < 4.78 is 5.44. The van der Waals surface area contributed by atoms with Gasteiger partial charge in [0, 0.05) is 18.3 Å². The van der Waals surface area contributed by atoms with Gasteiger partial charge in [0.15, 0.2) is 5.78 Å². The van der Waals surface area contributed by atoms with Crippen molar-refractivity contribution in [3.05, 3.63) is 11.6 Å². The van der Waals surface area contributed by atoms with Crippen LogP contribution in [0.5, 0.6) is 0 Å². The Hall–Kier alpha value is -1.32. The van der Waals surface area contributed by atoms with Gasteiger partial charge in [-0.2, -0.15) is 0 Å². The molecule has 0 heterocycles. The van der Waals surface area contributed by atoms with Crippen molar-refractivity contribution >= 4 is 11.8 Å². The minimum Gasteiger partial charge on any atom is -0.460 e. The van der Waals surface area contributed by atoms with E-state index in [-0.39, 0.29) is 24.5 Å². The van der Waals surface area contributed by atoms with Crippen molar-refractivity contribution in [2.45, 2.75) is 128 Å². The van der Waals surface area contributed by atoms with E-state index in [4.69, 9.17) is 4.74 Å². The highest BCUT2D eigenvalue weighted by Crippen LogP contribution is 2.68. The van der Waals surface area contributed by atoms with Crippen molar-refractivity contribution in [3.8, 4) is 0 Å². The molecule has 4 aliphatic carbocycles. The summed E-state index contributed by atoms with van der Waals surface area (Å²) in [6.45, 7) is 10.3. The van der Waals surface area contributed by atoms with E-state index in [1.807, 2.05) is 13.8 Å². The van der Waals surface area contributed by atoms with Crippen LogP contribution in [0.1, 0.15) is 92.9 Å². The quantitative estimate of drug-likeness (QED) is 0.335. The van der Waals surface area contributed by atoms with Crippen LogP contribution in [-0.4, -0.2) is 72.4 Å². The summed E-state index contributed by atoms with van der Waals surface area (Å²) in [5.41, 5.74) is -4.43. The molecule has 8 heteroatoms. The molecule has 5 N–H and O–H groups in total. The number of hydrogen-bond acceptors (Lipinski definition) is 8. The molecular formula is C29H46O8. The van der Waals surface area contributed by atoms with Crippen LogP contribution >= 0.6 is 0 Å². The number of rotatable bonds is 6. The fourth-order valence-electron chi connectivity index (χ4n) is 8.63. The first-order valence-corrected chi connectivity index (χ1v) is 13.8. The Bertz CT molecular complexity index is 965. The first-order chi connectivity index (χ1) is 16.9. The molecule has 3 saturated carbocycles. The number of fused-ring (bicyclic) bond motifs is 5. The Balaban J connectivity index is 1.66. The predicted molar refractivity (Wildman–Crippen MR) is 136 cm³/mol. The van der Waals surface area contributed by atoms with Gasteiger partial charge in [0.05, 0.1) is 29.0 Å². The second kappa shape index (κ2) is 9.12. The number of carbonyl (C=O) groups is 2. The molecule has 10 atom stereocenters. The van der Waals surface area contributed by atoms with E-state index < -0.39 is 63.8 Å². The lowest BCUT2D eigenvalue weighted by Crippen LogP contribution is -2.63. The van der Waals surface area contributed by atoms with Crippen LogP contribution in [0, 0.1) is 28.6 Å². The summed E-state index contributed by atoms with van der Waals surface area (Å²) in [6.07, 6.45) is 2.17. The van der Waals surface area contributed by atoms with Gasteiger partial charge < -0.3 is 30.3 Å². The molecule has 0 aromatic carbocycles. The molecule has 4 rings (SSSR count). The highest BCUT2D eigenvalue weighted by Gasteiger charge is 2.69. The Morgan fingerprint density at radius 3 is 2.41 bits per heavy atom. The fraction of sp³-hybridized carbons (Fsp3) is 0.862. The SMILES string of the molecule is CC(=O)O[C@H]1C[C@@]2(C)[C@@H](C[C@H]1O)C(=O)C=C1[C@@H]2CC[C@]2(C)[C@@H](C(C)(O)[C@H](O)CCC(C)(C)O)CC[C@@]12O. The minimum absolute atomic E-state index is 0.118.